The van der Waals surface area contributed by atoms with Gasteiger partial charge in [-0.05, 0) is 49.4 Å². The lowest BCUT2D eigenvalue weighted by Crippen LogP contribution is -2.53. The molecular weight excluding hydrogens is 242 g/mol. The van der Waals surface area contributed by atoms with Gasteiger partial charge in [0.2, 0.25) is 0 Å². The molecule has 0 spiro atoms. The molecule has 0 aliphatic heterocycles. The fourth-order valence-corrected chi connectivity index (χ4v) is 5.11. The number of nitrogens with one attached hydrogen (secondary N) is 1. The second-order valence-corrected chi connectivity index (χ2v) is 9.04. The largest absolute Gasteiger partial charge is 0.310 e. The summed E-state index contributed by atoms with van der Waals surface area (Å²) in [5.41, 5.74) is 0.917. The van der Waals surface area contributed by atoms with Crippen LogP contribution in [-0.4, -0.2) is 28.3 Å². The maximum atomic E-state index is 11.2. The average Bonchev–Trinajstić information content (AvgIpc) is 2.73. The van der Waals surface area contributed by atoms with Crippen molar-refractivity contribution in [3.05, 3.63) is 0 Å². The topological polar surface area (TPSA) is 29.1 Å². The van der Waals surface area contributed by atoms with Gasteiger partial charge < -0.3 is 5.32 Å². The zero-order valence-corrected chi connectivity index (χ0v) is 13.4. The normalized spacial score (nSPS) is 40.9. The molecule has 2 aliphatic carbocycles. The molecule has 0 aromatic heterocycles. The van der Waals surface area contributed by atoms with Gasteiger partial charge in [0.25, 0.3) is 0 Å². The summed E-state index contributed by atoms with van der Waals surface area (Å²) < 4.78 is 11.2. The Labute approximate surface area is 115 Å². The Morgan fingerprint density at radius 2 is 2.06 bits per heavy atom. The van der Waals surface area contributed by atoms with E-state index in [0.29, 0.717) is 22.9 Å². The molecule has 2 nitrogen and oxygen atoms in total. The Bertz CT molecular complexity index is 337. The third-order valence-electron chi connectivity index (χ3n) is 5.56. The lowest BCUT2D eigenvalue weighted by molar-refractivity contribution is 0.0998. The Kier molecular flexibility index (Phi) is 3.95. The third kappa shape index (κ3) is 2.53. The highest BCUT2D eigenvalue weighted by molar-refractivity contribution is 7.84. The molecule has 2 bridgehead atoms. The van der Waals surface area contributed by atoms with Crippen molar-refractivity contribution in [3.63, 3.8) is 0 Å². The van der Waals surface area contributed by atoms with E-state index >= 15 is 0 Å². The van der Waals surface area contributed by atoms with Gasteiger partial charge in [-0.3, -0.25) is 4.21 Å². The maximum Gasteiger partial charge on any atom is 0.0246 e. The molecule has 1 N–H and O–H groups in total. The first-order chi connectivity index (χ1) is 8.25. The van der Waals surface area contributed by atoms with Crippen LogP contribution in [0.5, 0.6) is 0 Å². The van der Waals surface area contributed by atoms with Crippen molar-refractivity contribution in [3.8, 4) is 0 Å². The summed E-state index contributed by atoms with van der Waals surface area (Å²) in [6, 6.07) is 1.11. The smallest absolute Gasteiger partial charge is 0.0246 e. The minimum Gasteiger partial charge on any atom is -0.310 e. The predicted molar refractivity (Wildman–Crippen MR) is 79.2 cm³/mol. The molecule has 2 saturated carbocycles. The molecule has 0 heterocycles. The second-order valence-electron chi connectivity index (χ2n) is 7.48. The monoisotopic (exact) mass is 271 g/mol. The van der Waals surface area contributed by atoms with Crippen LogP contribution < -0.4 is 5.32 Å². The van der Waals surface area contributed by atoms with Crippen molar-refractivity contribution in [1.82, 2.24) is 5.32 Å². The van der Waals surface area contributed by atoms with Gasteiger partial charge >= 0.3 is 0 Å². The zero-order valence-electron chi connectivity index (χ0n) is 12.6. The summed E-state index contributed by atoms with van der Waals surface area (Å²) in [6.45, 7) is 9.58. The number of hydrogen-bond donors (Lipinski definition) is 1. The SMILES string of the molecule is CC(CCS(C)=O)NC1C(C)(C)[C@H]2CC[C@]1(C)C2. The van der Waals surface area contributed by atoms with Crippen LogP contribution in [0.3, 0.4) is 0 Å². The van der Waals surface area contributed by atoms with Crippen molar-refractivity contribution < 1.29 is 4.21 Å². The molecule has 2 aliphatic rings. The summed E-state index contributed by atoms with van der Waals surface area (Å²) in [5, 5.41) is 3.86. The zero-order chi connectivity index (χ0) is 13.6. The molecule has 0 saturated heterocycles. The van der Waals surface area contributed by atoms with Gasteiger partial charge in [0.1, 0.15) is 0 Å². The molecule has 0 radical (unpaired) electrons. The van der Waals surface area contributed by atoms with E-state index in [4.69, 9.17) is 0 Å². The van der Waals surface area contributed by atoms with Crippen molar-refractivity contribution in [2.45, 2.75) is 65.5 Å². The van der Waals surface area contributed by atoms with Crippen LogP contribution in [0.15, 0.2) is 0 Å². The van der Waals surface area contributed by atoms with E-state index in [0.717, 1.165) is 18.1 Å². The molecular formula is C15H29NOS. The van der Waals surface area contributed by atoms with E-state index in [-0.39, 0.29) is 0 Å². The van der Waals surface area contributed by atoms with Crippen molar-refractivity contribution >= 4 is 10.8 Å². The first-order valence-electron chi connectivity index (χ1n) is 7.32. The Balaban J connectivity index is 1.98. The van der Waals surface area contributed by atoms with Crippen LogP contribution in [0.25, 0.3) is 0 Å². The van der Waals surface area contributed by atoms with Gasteiger partial charge in [-0.2, -0.15) is 0 Å². The first kappa shape index (κ1) is 14.5. The summed E-state index contributed by atoms with van der Waals surface area (Å²) in [6.07, 6.45) is 7.01. The minimum absolute atomic E-state index is 0.423. The van der Waals surface area contributed by atoms with Gasteiger partial charge in [0.15, 0.2) is 0 Å². The molecule has 2 fully saturated rings. The Hall–Kier alpha value is 0.110. The minimum atomic E-state index is -0.661. The highest BCUT2D eigenvalue weighted by Gasteiger charge is 2.59. The van der Waals surface area contributed by atoms with Crippen LogP contribution in [0.4, 0.5) is 0 Å². The lowest BCUT2D eigenvalue weighted by atomic mass is 9.68. The molecule has 2 rings (SSSR count). The Morgan fingerprint density at radius 1 is 1.39 bits per heavy atom. The first-order valence-corrected chi connectivity index (χ1v) is 9.04. The van der Waals surface area contributed by atoms with Crippen molar-refractivity contribution in [1.29, 1.82) is 0 Å². The van der Waals surface area contributed by atoms with E-state index in [2.05, 4.69) is 33.0 Å². The molecule has 0 aromatic carbocycles. The molecule has 0 aromatic rings. The summed E-state index contributed by atoms with van der Waals surface area (Å²) >= 11 is 0. The van der Waals surface area contributed by atoms with Crippen LogP contribution >= 0.6 is 0 Å². The highest BCUT2D eigenvalue weighted by atomic mass is 32.2. The predicted octanol–water partition coefficient (Wildman–Crippen LogP) is 2.95. The van der Waals surface area contributed by atoms with E-state index < -0.39 is 10.8 Å². The van der Waals surface area contributed by atoms with Gasteiger partial charge in [0, 0.05) is 34.9 Å². The van der Waals surface area contributed by atoms with Crippen molar-refractivity contribution in [2.75, 3.05) is 12.0 Å². The van der Waals surface area contributed by atoms with Gasteiger partial charge in [-0.1, -0.05) is 20.8 Å². The fraction of sp³-hybridized carbons (Fsp3) is 1.00. The third-order valence-corrected chi connectivity index (χ3v) is 6.37. The van der Waals surface area contributed by atoms with Gasteiger partial charge in [-0.15, -0.1) is 0 Å². The maximum absolute atomic E-state index is 11.2. The average molecular weight is 271 g/mol. The van der Waals surface area contributed by atoms with Crippen molar-refractivity contribution in [2.24, 2.45) is 16.7 Å². The standard InChI is InChI=1S/C15H29NOS/c1-11(7-9-18(5)17)16-13-14(2,3)12-6-8-15(13,4)10-12/h11-13,16H,6-10H2,1-5H3/t11?,12-,13?,15+,18?/m0/s1. The second kappa shape index (κ2) is 4.90. The molecule has 3 heteroatoms. The number of fused-ring (bicyclic) bond motifs is 2. The number of hydrogen-bond acceptors (Lipinski definition) is 2. The van der Waals surface area contributed by atoms with Gasteiger partial charge in [-0.25, -0.2) is 0 Å². The quantitative estimate of drug-likeness (QED) is 0.833. The summed E-state index contributed by atoms with van der Waals surface area (Å²) in [7, 11) is -0.661. The van der Waals surface area contributed by atoms with Crippen LogP contribution in [0, 0.1) is 16.7 Å². The summed E-state index contributed by atoms with van der Waals surface area (Å²) in [4.78, 5) is 0. The van der Waals surface area contributed by atoms with Crippen LogP contribution in [0.2, 0.25) is 0 Å². The molecule has 106 valence electrons. The van der Waals surface area contributed by atoms with E-state index in [1.807, 2.05) is 0 Å². The van der Waals surface area contributed by atoms with Crippen LogP contribution in [-0.2, 0) is 10.8 Å². The molecule has 0 amide bonds. The fourth-order valence-electron chi connectivity index (χ4n) is 4.43. The lowest BCUT2D eigenvalue weighted by Gasteiger charge is -2.44. The van der Waals surface area contributed by atoms with Crippen LogP contribution in [0.1, 0.15) is 53.4 Å². The van der Waals surface area contributed by atoms with E-state index in [1.165, 1.54) is 19.3 Å². The summed E-state index contributed by atoms with van der Waals surface area (Å²) in [5.74, 6) is 1.72. The van der Waals surface area contributed by atoms with Gasteiger partial charge in [0.05, 0.1) is 0 Å². The number of rotatable bonds is 5. The Morgan fingerprint density at radius 3 is 2.56 bits per heavy atom. The molecule has 18 heavy (non-hydrogen) atoms. The van der Waals surface area contributed by atoms with E-state index in [9.17, 15) is 4.21 Å². The molecule has 3 unspecified atom stereocenters. The highest BCUT2D eigenvalue weighted by Crippen LogP contribution is 2.62. The van der Waals surface area contributed by atoms with E-state index in [1.54, 1.807) is 6.26 Å². The molecule has 5 atom stereocenters.